The van der Waals surface area contributed by atoms with Gasteiger partial charge in [-0.2, -0.15) is 0 Å². The number of hydrogen-bond donors (Lipinski definition) is 0. The Labute approximate surface area is 140 Å². The molecule has 0 atom stereocenters. The third-order valence-electron chi connectivity index (χ3n) is 5.13. The van der Waals surface area contributed by atoms with E-state index in [1.54, 1.807) is 0 Å². The Kier molecular flexibility index (Phi) is 2.78. The molecule has 0 saturated heterocycles. The minimum Gasteiger partial charge on any atom is -0.454 e. The van der Waals surface area contributed by atoms with Crippen LogP contribution in [0.2, 0.25) is 0 Å². The smallest absolute Gasteiger partial charge is 0.159 e. The van der Waals surface area contributed by atoms with Crippen molar-refractivity contribution >= 4 is 43.7 Å². The summed E-state index contributed by atoms with van der Waals surface area (Å²) in [7, 11) is 2.13. The van der Waals surface area contributed by atoms with Gasteiger partial charge in [-0.15, -0.1) is 0 Å². The zero-order valence-corrected chi connectivity index (χ0v) is 14.0. The van der Waals surface area contributed by atoms with E-state index in [0.29, 0.717) is 0 Å². The van der Waals surface area contributed by atoms with Gasteiger partial charge in [0.05, 0.1) is 5.52 Å². The van der Waals surface area contributed by atoms with Gasteiger partial charge in [0.25, 0.3) is 0 Å². The number of fused-ring (bicyclic) bond motifs is 7. The van der Waals surface area contributed by atoms with Gasteiger partial charge < -0.3 is 8.98 Å². The van der Waals surface area contributed by atoms with Crippen LogP contribution in [0.5, 0.6) is 0 Å². The molecule has 5 aromatic rings. The van der Waals surface area contributed by atoms with Crippen LogP contribution in [0, 0.1) is 0 Å². The highest BCUT2D eigenvalue weighted by Gasteiger charge is 2.17. The molecule has 0 spiro atoms. The van der Waals surface area contributed by atoms with Crippen LogP contribution in [0.1, 0.15) is 18.9 Å². The molecule has 118 valence electrons. The van der Waals surface area contributed by atoms with Gasteiger partial charge in [-0.05, 0) is 24.1 Å². The largest absolute Gasteiger partial charge is 0.454 e. The van der Waals surface area contributed by atoms with Crippen molar-refractivity contribution in [3.05, 3.63) is 60.2 Å². The first-order chi connectivity index (χ1) is 11.8. The van der Waals surface area contributed by atoms with Crippen LogP contribution < -0.4 is 0 Å². The lowest BCUT2D eigenvalue weighted by Gasteiger charge is -1.98. The summed E-state index contributed by atoms with van der Waals surface area (Å²) >= 11 is 0. The third kappa shape index (κ3) is 1.66. The van der Waals surface area contributed by atoms with Gasteiger partial charge in [-0.1, -0.05) is 55.8 Å². The van der Waals surface area contributed by atoms with Crippen molar-refractivity contribution in [3.8, 4) is 0 Å². The highest BCUT2D eigenvalue weighted by atomic mass is 16.3. The van der Waals surface area contributed by atoms with Gasteiger partial charge in [0.2, 0.25) is 0 Å². The summed E-state index contributed by atoms with van der Waals surface area (Å²) in [6.45, 7) is 2.21. The van der Waals surface area contributed by atoms with E-state index in [0.717, 1.165) is 24.0 Å². The van der Waals surface area contributed by atoms with Crippen LogP contribution >= 0.6 is 0 Å². The number of aryl methyl sites for hydroxylation is 2. The maximum atomic E-state index is 6.44. The van der Waals surface area contributed by atoms with Gasteiger partial charge in [0.15, 0.2) is 5.58 Å². The van der Waals surface area contributed by atoms with Gasteiger partial charge in [-0.3, -0.25) is 0 Å². The number of aromatic nitrogens is 1. The zero-order chi connectivity index (χ0) is 16.3. The summed E-state index contributed by atoms with van der Waals surface area (Å²) in [5.41, 5.74) is 5.79. The number of benzene rings is 3. The highest BCUT2D eigenvalue weighted by Crippen LogP contribution is 2.39. The van der Waals surface area contributed by atoms with Crippen LogP contribution in [0.4, 0.5) is 0 Å². The monoisotopic (exact) mass is 313 g/mol. The number of nitrogens with zero attached hydrogens (tertiary/aromatic N) is 1. The minimum atomic E-state index is 1.00. The van der Waals surface area contributed by atoms with Crippen molar-refractivity contribution in [2.24, 2.45) is 7.05 Å². The second-order valence-electron chi connectivity index (χ2n) is 6.56. The predicted octanol–water partition coefficient (Wildman–Crippen LogP) is 6.18. The normalized spacial score (nSPS) is 12.1. The molecule has 5 rings (SSSR count). The van der Waals surface area contributed by atoms with Gasteiger partial charge in [0, 0.05) is 34.1 Å². The second-order valence-corrected chi connectivity index (χ2v) is 6.56. The molecule has 0 bridgehead atoms. The molecule has 0 unspecified atom stereocenters. The molecule has 24 heavy (non-hydrogen) atoms. The average Bonchev–Trinajstić information content (AvgIpc) is 3.13. The Morgan fingerprint density at radius 3 is 2.42 bits per heavy atom. The number of rotatable bonds is 2. The quantitative estimate of drug-likeness (QED) is 0.380. The van der Waals surface area contributed by atoms with Crippen LogP contribution in [-0.2, 0) is 13.5 Å². The summed E-state index contributed by atoms with van der Waals surface area (Å²) in [6.07, 6.45) is 2.18. The Bertz CT molecular complexity index is 1220. The van der Waals surface area contributed by atoms with E-state index >= 15 is 0 Å². The van der Waals surface area contributed by atoms with Gasteiger partial charge in [0.1, 0.15) is 5.58 Å². The summed E-state index contributed by atoms with van der Waals surface area (Å²) < 4.78 is 8.70. The molecule has 3 aromatic carbocycles. The van der Waals surface area contributed by atoms with Crippen LogP contribution in [-0.4, -0.2) is 4.57 Å². The average molecular weight is 313 g/mol. The van der Waals surface area contributed by atoms with Crippen LogP contribution in [0.3, 0.4) is 0 Å². The Morgan fingerprint density at radius 1 is 0.792 bits per heavy atom. The van der Waals surface area contributed by atoms with Crippen molar-refractivity contribution in [2.75, 3.05) is 0 Å². The molecule has 2 heteroatoms. The number of hydrogen-bond acceptors (Lipinski definition) is 1. The Hall–Kier alpha value is -2.74. The molecule has 0 aliphatic heterocycles. The maximum absolute atomic E-state index is 6.44. The van der Waals surface area contributed by atoms with Gasteiger partial charge in [-0.25, -0.2) is 0 Å². The van der Waals surface area contributed by atoms with Crippen LogP contribution in [0.15, 0.2) is 59.0 Å². The van der Waals surface area contributed by atoms with E-state index in [9.17, 15) is 0 Å². The molecule has 0 aliphatic carbocycles. The molecular formula is C22H19NO. The molecule has 2 aromatic heterocycles. The summed E-state index contributed by atoms with van der Waals surface area (Å²) in [4.78, 5) is 0. The fourth-order valence-corrected chi connectivity index (χ4v) is 4.04. The Balaban J connectivity index is 2.01. The summed E-state index contributed by atoms with van der Waals surface area (Å²) in [5, 5.41) is 4.98. The van der Waals surface area contributed by atoms with E-state index in [-0.39, 0.29) is 0 Å². The lowest BCUT2D eigenvalue weighted by molar-refractivity contribution is 0.662. The van der Waals surface area contributed by atoms with Crippen molar-refractivity contribution in [1.29, 1.82) is 0 Å². The lowest BCUT2D eigenvalue weighted by atomic mass is 10.0. The molecule has 2 heterocycles. The second kappa shape index (κ2) is 4.88. The third-order valence-corrected chi connectivity index (χ3v) is 5.13. The van der Waals surface area contributed by atoms with Crippen molar-refractivity contribution in [3.63, 3.8) is 0 Å². The van der Waals surface area contributed by atoms with E-state index in [1.807, 2.05) is 0 Å². The molecule has 0 fully saturated rings. The van der Waals surface area contributed by atoms with Gasteiger partial charge >= 0.3 is 0 Å². The molecule has 2 nitrogen and oxygen atoms in total. The standard InChI is InChI=1S/C22H19NO/c1-3-7-14-8-6-10-17-18-13-12-16-15-9-4-5-11-19(15)23(2)20(16)22(18)24-21(14)17/h4-6,8-13H,3,7H2,1-2H3. The van der Waals surface area contributed by atoms with Crippen molar-refractivity contribution in [1.82, 2.24) is 4.57 Å². The fraction of sp³-hybridized carbons (Fsp3) is 0.182. The molecule has 0 N–H and O–H groups in total. The highest BCUT2D eigenvalue weighted by molar-refractivity contribution is 6.20. The summed E-state index contributed by atoms with van der Waals surface area (Å²) in [6, 6.07) is 19.5. The van der Waals surface area contributed by atoms with E-state index in [4.69, 9.17) is 4.42 Å². The van der Waals surface area contributed by atoms with Crippen molar-refractivity contribution in [2.45, 2.75) is 19.8 Å². The molecular weight excluding hydrogens is 294 g/mol. The van der Waals surface area contributed by atoms with Crippen molar-refractivity contribution < 1.29 is 4.42 Å². The molecule has 0 saturated carbocycles. The topological polar surface area (TPSA) is 18.1 Å². The fourth-order valence-electron chi connectivity index (χ4n) is 4.04. The Morgan fingerprint density at radius 2 is 1.54 bits per heavy atom. The first kappa shape index (κ1) is 13.7. The number of para-hydroxylation sites is 2. The van der Waals surface area contributed by atoms with E-state index in [2.05, 4.69) is 73.1 Å². The molecule has 0 amide bonds. The van der Waals surface area contributed by atoms with E-state index < -0.39 is 0 Å². The number of furan rings is 1. The molecule has 0 aliphatic rings. The minimum absolute atomic E-state index is 1.00. The first-order valence-electron chi connectivity index (χ1n) is 8.60. The first-order valence-corrected chi connectivity index (χ1v) is 8.60. The zero-order valence-electron chi connectivity index (χ0n) is 14.0. The SMILES string of the molecule is CCCc1cccc2c1oc1c2ccc2c3ccccc3n(C)c21. The van der Waals surface area contributed by atoms with E-state index in [1.165, 1.54) is 38.1 Å². The molecule has 0 radical (unpaired) electrons. The lowest BCUT2D eigenvalue weighted by Crippen LogP contribution is -1.86. The maximum Gasteiger partial charge on any atom is 0.159 e. The summed E-state index contributed by atoms with van der Waals surface area (Å²) in [5.74, 6) is 0. The van der Waals surface area contributed by atoms with Crippen LogP contribution in [0.25, 0.3) is 43.7 Å². The predicted molar refractivity (Wildman–Crippen MR) is 102 cm³/mol.